The van der Waals surface area contributed by atoms with Crippen molar-refractivity contribution < 1.29 is 46.1 Å². The molecule has 0 bridgehead atoms. The molecule has 5 rings (SSSR count). The van der Waals surface area contributed by atoms with Crippen molar-refractivity contribution in [3.8, 4) is 0 Å². The third-order valence-corrected chi connectivity index (χ3v) is 8.02. The number of halogens is 2. The van der Waals surface area contributed by atoms with Gasteiger partial charge in [-0.1, -0.05) is 142 Å². The van der Waals surface area contributed by atoms with Crippen LogP contribution in [0.2, 0.25) is 0 Å². The molecule has 0 unspecified atom stereocenters. The van der Waals surface area contributed by atoms with E-state index in [0.29, 0.717) is 22.3 Å². The van der Waals surface area contributed by atoms with E-state index in [2.05, 4.69) is 0 Å². The Labute approximate surface area is 251 Å². The Morgan fingerprint density at radius 1 is 0.561 bits per heavy atom. The van der Waals surface area contributed by atoms with Gasteiger partial charge in [0.2, 0.25) is 0 Å². The normalized spacial score (nSPS) is 18.7. The van der Waals surface area contributed by atoms with Crippen molar-refractivity contribution in [3.05, 3.63) is 144 Å². The van der Waals surface area contributed by atoms with Crippen LogP contribution in [0.15, 0.2) is 121 Å². The average molecular weight is 595 g/mol. The third kappa shape index (κ3) is 5.96. The number of rotatable bonds is 6. The van der Waals surface area contributed by atoms with Crippen LogP contribution >= 0.6 is 0 Å². The van der Waals surface area contributed by atoms with Crippen molar-refractivity contribution in [3.63, 3.8) is 0 Å². The zero-order valence-corrected chi connectivity index (χ0v) is 25.2. The van der Waals surface area contributed by atoms with E-state index in [1.54, 1.807) is 0 Å². The molecule has 4 aromatic rings. The van der Waals surface area contributed by atoms with Crippen LogP contribution in [0.4, 0.5) is 6.18 Å². The standard InChI is InChI=1S/C34H36O4.2FH.Ti/c1-31(2,3)32(4)37-29(33(35,25-17-9-5-10-18-25)26-19-11-6-12-20-26)30(38-32)34(36,27-21-13-7-14-22-27)28-23-15-8-16-24-28;;;/h5-24,29-30,35-36H,1-4H3;2*1H;/q;;;+2/p-2/t29-,30-;;;/m1.../s1. The molecule has 1 heterocycles. The van der Waals surface area contributed by atoms with Gasteiger partial charge in [-0.15, -0.1) is 0 Å². The van der Waals surface area contributed by atoms with Gasteiger partial charge >= 0.3 is 26.4 Å². The molecule has 41 heavy (non-hydrogen) atoms. The second-order valence-electron chi connectivity index (χ2n) is 11.3. The molecule has 0 aromatic heterocycles. The van der Waals surface area contributed by atoms with Crippen LogP contribution < -0.4 is 0 Å². The molecule has 4 nitrogen and oxygen atoms in total. The van der Waals surface area contributed by atoms with E-state index in [-0.39, 0.29) is 0 Å². The molecule has 2 atom stereocenters. The first-order chi connectivity index (χ1) is 19.5. The Balaban J connectivity index is 0.00000124. The molecule has 4 aromatic carbocycles. The molecule has 1 fully saturated rings. The van der Waals surface area contributed by atoms with Gasteiger partial charge in [0.05, 0.1) is 0 Å². The summed E-state index contributed by atoms with van der Waals surface area (Å²) in [4.78, 5) is 0. The predicted molar refractivity (Wildman–Crippen MR) is 152 cm³/mol. The first-order valence-corrected chi connectivity index (χ1v) is 14.7. The molecule has 0 amide bonds. The molecule has 0 radical (unpaired) electrons. The summed E-state index contributed by atoms with van der Waals surface area (Å²) in [6.07, 6.45) is -1.94. The molecular formula is C34H36F2O4Ti. The molecular weight excluding hydrogens is 558 g/mol. The minimum absolute atomic E-state index is 0.470. The SMILES string of the molecule is CC(C)(C)C1(C)O[C@@H](C(O)(c2ccccc2)c2ccccc2)[C@H](C(O)(c2ccccc2)c2ccccc2)O1.[F][Ti][F]. The minimum atomic E-state index is -2.50. The topological polar surface area (TPSA) is 58.9 Å². The van der Waals surface area contributed by atoms with E-state index in [4.69, 9.17) is 9.47 Å². The summed E-state index contributed by atoms with van der Waals surface area (Å²) in [5, 5.41) is 25.7. The zero-order chi connectivity index (χ0) is 29.7. The van der Waals surface area contributed by atoms with Crippen molar-refractivity contribution >= 4 is 0 Å². The van der Waals surface area contributed by atoms with Crippen molar-refractivity contribution in [2.45, 2.75) is 56.9 Å². The number of hydrogen-bond donors (Lipinski definition) is 2. The first kappa shape index (κ1) is 31.2. The molecule has 1 aliphatic rings. The fraction of sp³-hybridized carbons (Fsp3) is 0.294. The number of ether oxygens (including phenoxy) is 2. The van der Waals surface area contributed by atoms with Gasteiger partial charge in [-0.05, 0) is 29.2 Å². The maximum absolute atomic E-state index is 12.9. The third-order valence-electron chi connectivity index (χ3n) is 8.02. The van der Waals surface area contributed by atoms with Gasteiger partial charge in [0, 0.05) is 5.41 Å². The monoisotopic (exact) mass is 594 g/mol. The molecule has 1 saturated heterocycles. The van der Waals surface area contributed by atoms with Gasteiger partial charge in [0.25, 0.3) is 0 Å². The van der Waals surface area contributed by atoms with Crippen molar-refractivity contribution in [1.82, 2.24) is 0 Å². The summed E-state index contributed by atoms with van der Waals surface area (Å²) in [6.45, 7) is 8.02. The van der Waals surface area contributed by atoms with E-state index in [1.165, 1.54) is 0 Å². The summed E-state index contributed by atoms with van der Waals surface area (Å²) in [7, 11) is 0. The summed E-state index contributed by atoms with van der Waals surface area (Å²) in [5.41, 5.74) is -1.10. The first-order valence-electron chi connectivity index (χ1n) is 13.5. The van der Waals surface area contributed by atoms with Crippen LogP contribution in [0, 0.1) is 5.41 Å². The average Bonchev–Trinajstić information content (AvgIpc) is 3.38. The van der Waals surface area contributed by atoms with Crippen molar-refractivity contribution in [1.29, 1.82) is 0 Å². The Bertz CT molecular complexity index is 1190. The Morgan fingerprint density at radius 3 is 0.976 bits per heavy atom. The molecule has 7 heteroatoms. The van der Waals surface area contributed by atoms with Gasteiger partial charge in [-0.2, -0.15) is 0 Å². The van der Waals surface area contributed by atoms with E-state index >= 15 is 0 Å². The number of benzene rings is 4. The number of hydrogen-bond acceptors (Lipinski definition) is 4. The molecule has 0 aliphatic carbocycles. The number of aliphatic hydroxyl groups is 2. The van der Waals surface area contributed by atoms with E-state index < -0.39 is 54.8 Å². The summed E-state index contributed by atoms with van der Waals surface area (Å²) in [5.74, 6) is -1.11. The van der Waals surface area contributed by atoms with Crippen LogP contribution in [0.1, 0.15) is 49.9 Å². The quantitative estimate of drug-likeness (QED) is 0.231. The van der Waals surface area contributed by atoms with Crippen LogP contribution in [0.25, 0.3) is 0 Å². The van der Waals surface area contributed by atoms with Crippen LogP contribution in [0.5, 0.6) is 0 Å². The molecule has 2 N–H and O–H groups in total. The fourth-order valence-corrected chi connectivity index (χ4v) is 5.36. The van der Waals surface area contributed by atoms with E-state index in [1.807, 2.05) is 149 Å². The van der Waals surface area contributed by atoms with Gasteiger partial charge in [0.15, 0.2) is 5.79 Å². The van der Waals surface area contributed by atoms with Crippen LogP contribution in [0.3, 0.4) is 0 Å². The second-order valence-corrected chi connectivity index (χ2v) is 11.6. The van der Waals surface area contributed by atoms with Crippen LogP contribution in [-0.4, -0.2) is 28.2 Å². The molecule has 0 spiro atoms. The summed E-state index contributed by atoms with van der Waals surface area (Å²) in [6, 6.07) is 38.0. The van der Waals surface area contributed by atoms with E-state index in [0.717, 1.165) is 0 Å². The predicted octanol–water partition coefficient (Wildman–Crippen LogP) is 7.24. The van der Waals surface area contributed by atoms with Gasteiger partial charge in [-0.25, -0.2) is 0 Å². The van der Waals surface area contributed by atoms with Crippen LogP contribution in [-0.2, 0) is 40.9 Å². The van der Waals surface area contributed by atoms with Crippen molar-refractivity contribution in [2.75, 3.05) is 0 Å². The van der Waals surface area contributed by atoms with Gasteiger partial charge in [-0.3, -0.25) is 0 Å². The Kier molecular flexibility index (Phi) is 9.64. The molecule has 214 valence electrons. The maximum atomic E-state index is 12.9. The zero-order valence-electron chi connectivity index (χ0n) is 23.7. The Hall–Kier alpha value is -2.71. The Morgan fingerprint density at radius 2 is 0.780 bits per heavy atom. The molecule has 0 saturated carbocycles. The fourth-order valence-electron chi connectivity index (χ4n) is 5.36. The van der Waals surface area contributed by atoms with Gasteiger partial charge in [0.1, 0.15) is 23.4 Å². The summed E-state index contributed by atoms with van der Waals surface area (Å²) < 4.78 is 33.2. The van der Waals surface area contributed by atoms with E-state index in [9.17, 15) is 16.4 Å². The summed E-state index contributed by atoms with van der Waals surface area (Å²) >= 11 is -2.50. The molecule has 1 aliphatic heterocycles. The van der Waals surface area contributed by atoms with Gasteiger partial charge < -0.3 is 19.7 Å². The second kappa shape index (κ2) is 12.7. The van der Waals surface area contributed by atoms with Crippen molar-refractivity contribution in [2.24, 2.45) is 5.41 Å².